The number of epoxide rings is 4. The summed E-state index contributed by atoms with van der Waals surface area (Å²) in [5, 5.41) is 20.2. The first-order chi connectivity index (χ1) is 18.1. The van der Waals surface area contributed by atoms with Crippen LogP contribution < -0.4 is 0 Å². The molecular weight excluding hydrogens is 496 g/mol. The van der Waals surface area contributed by atoms with Gasteiger partial charge in [-0.25, -0.2) is 0 Å². The molecule has 4 rings (SSSR count). The van der Waals surface area contributed by atoms with Crippen LogP contribution in [0.25, 0.3) is 0 Å². The highest BCUT2D eigenvalue weighted by molar-refractivity contribution is 4.72. The summed E-state index contributed by atoms with van der Waals surface area (Å²) in [6, 6.07) is 0. The number of aliphatic hydroxyl groups excluding tert-OH is 2. The van der Waals surface area contributed by atoms with Crippen molar-refractivity contribution in [1.29, 1.82) is 0 Å². The Hall–Kier alpha value is -0.520. The molecule has 0 saturated carbocycles. The highest BCUT2D eigenvalue weighted by Gasteiger charge is 2.27. The fraction of sp³-hybridized carbons (Fsp3) is 1.00. The first kappa shape index (κ1) is 29.5. The third-order valence-electron chi connectivity index (χ3n) is 5.71. The Morgan fingerprint density at radius 3 is 1.14 bits per heavy atom. The van der Waals surface area contributed by atoms with Gasteiger partial charge in [0.1, 0.15) is 48.8 Å². The van der Waals surface area contributed by atoms with Gasteiger partial charge >= 0.3 is 0 Å². The number of ether oxygens (including phenoxy) is 11. The van der Waals surface area contributed by atoms with Crippen LogP contribution in [0.5, 0.6) is 0 Å². The molecule has 13 heteroatoms. The Labute approximate surface area is 217 Å². The summed E-state index contributed by atoms with van der Waals surface area (Å²) in [4.78, 5) is 0. The van der Waals surface area contributed by atoms with E-state index in [9.17, 15) is 10.2 Å². The predicted octanol–water partition coefficient (Wildman–Crippen LogP) is -1.84. The summed E-state index contributed by atoms with van der Waals surface area (Å²) < 4.78 is 60.1. The Bertz CT molecular complexity index is 597. The van der Waals surface area contributed by atoms with Gasteiger partial charge in [-0.15, -0.1) is 0 Å². The topological polar surface area (TPSA) is 155 Å². The van der Waals surface area contributed by atoms with Gasteiger partial charge in [0, 0.05) is 0 Å². The van der Waals surface area contributed by atoms with Gasteiger partial charge in [0.25, 0.3) is 0 Å². The van der Waals surface area contributed by atoms with E-state index in [0.29, 0.717) is 46.2 Å². The molecule has 0 aliphatic carbocycles. The molecule has 13 nitrogen and oxygen atoms in total. The van der Waals surface area contributed by atoms with Crippen molar-refractivity contribution in [2.45, 2.75) is 48.8 Å². The maximum absolute atomic E-state index is 10.3. The molecule has 0 aromatic heterocycles. The average Bonchev–Trinajstić information content (AvgIpc) is 3.70. The van der Waals surface area contributed by atoms with E-state index >= 15 is 0 Å². The van der Waals surface area contributed by atoms with Crippen molar-refractivity contribution in [2.24, 2.45) is 0 Å². The summed E-state index contributed by atoms with van der Waals surface area (Å²) >= 11 is 0. The van der Waals surface area contributed by atoms with Gasteiger partial charge in [0.15, 0.2) is 0 Å². The van der Waals surface area contributed by atoms with Crippen LogP contribution in [-0.4, -0.2) is 165 Å². The molecule has 37 heavy (non-hydrogen) atoms. The second-order valence-corrected chi connectivity index (χ2v) is 9.73. The molecule has 8 unspecified atom stereocenters. The molecule has 4 aliphatic heterocycles. The fourth-order valence-electron chi connectivity index (χ4n) is 3.20. The number of hydrogen-bond donors (Lipinski definition) is 2. The largest absolute Gasteiger partial charge is 0.388 e. The zero-order valence-electron chi connectivity index (χ0n) is 21.3. The standard InChI is InChI=1S/C24H42O13/c25-17(2-29-7-20(33-14-24-16-37-24)8-31-10-22-12-35-22)1-27-5-19(32-13-23-15-36-23)6-28-3-18(26)4-30-9-21-11-34-21/h17-26H,1-16H2. The molecule has 4 heterocycles. The van der Waals surface area contributed by atoms with E-state index in [0.717, 1.165) is 13.2 Å². The maximum Gasteiger partial charge on any atom is 0.104 e. The van der Waals surface area contributed by atoms with Gasteiger partial charge in [0.05, 0.1) is 106 Å². The molecule has 2 N–H and O–H groups in total. The van der Waals surface area contributed by atoms with E-state index in [1.165, 1.54) is 0 Å². The summed E-state index contributed by atoms with van der Waals surface area (Å²) in [6.07, 6.45) is -1.55. The second-order valence-electron chi connectivity index (χ2n) is 9.73. The van der Waals surface area contributed by atoms with Crippen molar-refractivity contribution in [1.82, 2.24) is 0 Å². The molecule has 0 bridgehead atoms. The first-order valence-electron chi connectivity index (χ1n) is 13.1. The van der Waals surface area contributed by atoms with Crippen LogP contribution in [0, 0.1) is 0 Å². The molecule has 4 aliphatic rings. The summed E-state index contributed by atoms with van der Waals surface area (Å²) in [5.41, 5.74) is 0. The third-order valence-corrected chi connectivity index (χ3v) is 5.71. The smallest absolute Gasteiger partial charge is 0.104 e. The monoisotopic (exact) mass is 538 g/mol. The molecule has 0 spiro atoms. The van der Waals surface area contributed by atoms with Crippen LogP contribution in [0.1, 0.15) is 0 Å². The summed E-state index contributed by atoms with van der Waals surface area (Å²) in [6.45, 7) is 6.44. The van der Waals surface area contributed by atoms with Gasteiger partial charge in [-0.05, 0) is 0 Å². The van der Waals surface area contributed by atoms with Crippen molar-refractivity contribution >= 4 is 0 Å². The average molecular weight is 539 g/mol. The quantitative estimate of drug-likeness (QED) is 0.119. The molecule has 8 atom stereocenters. The van der Waals surface area contributed by atoms with Gasteiger partial charge in [-0.3, -0.25) is 0 Å². The van der Waals surface area contributed by atoms with Crippen molar-refractivity contribution in [3.63, 3.8) is 0 Å². The Balaban J connectivity index is 1.03. The van der Waals surface area contributed by atoms with Crippen LogP contribution >= 0.6 is 0 Å². The molecule has 0 radical (unpaired) electrons. The normalized spacial score (nSPS) is 29.0. The second kappa shape index (κ2) is 16.6. The minimum atomic E-state index is -0.809. The van der Waals surface area contributed by atoms with Gasteiger partial charge in [-0.1, -0.05) is 0 Å². The van der Waals surface area contributed by atoms with Crippen molar-refractivity contribution in [3.8, 4) is 0 Å². The maximum atomic E-state index is 10.3. The predicted molar refractivity (Wildman–Crippen MR) is 125 cm³/mol. The van der Waals surface area contributed by atoms with Crippen molar-refractivity contribution < 1.29 is 62.3 Å². The van der Waals surface area contributed by atoms with Crippen LogP contribution in [0.3, 0.4) is 0 Å². The number of aliphatic hydroxyl groups is 2. The van der Waals surface area contributed by atoms with E-state index in [1.807, 2.05) is 0 Å². The van der Waals surface area contributed by atoms with Crippen molar-refractivity contribution in [3.05, 3.63) is 0 Å². The Morgan fingerprint density at radius 2 is 0.757 bits per heavy atom. The molecule has 4 fully saturated rings. The van der Waals surface area contributed by atoms with Crippen LogP contribution in [-0.2, 0) is 52.1 Å². The Kier molecular flexibility index (Phi) is 13.2. The van der Waals surface area contributed by atoms with Crippen LogP contribution in [0.4, 0.5) is 0 Å². The third kappa shape index (κ3) is 15.0. The molecule has 0 aromatic rings. The zero-order valence-corrected chi connectivity index (χ0v) is 21.3. The summed E-state index contributed by atoms with van der Waals surface area (Å²) in [7, 11) is 0. The Morgan fingerprint density at radius 1 is 0.459 bits per heavy atom. The molecular formula is C24H42O13. The lowest BCUT2D eigenvalue weighted by molar-refractivity contribution is -0.102. The van der Waals surface area contributed by atoms with E-state index in [1.54, 1.807) is 0 Å². The van der Waals surface area contributed by atoms with E-state index in [4.69, 9.17) is 52.1 Å². The molecule has 0 aromatic carbocycles. The molecule has 0 amide bonds. The SMILES string of the molecule is OC(COCC(COCC(O)COCC1CO1)OCC1CO1)COCC(COCC1CO1)OCC1CO1. The fourth-order valence-corrected chi connectivity index (χ4v) is 3.20. The molecule has 4 saturated heterocycles. The van der Waals surface area contributed by atoms with Gasteiger partial charge in [0.2, 0.25) is 0 Å². The van der Waals surface area contributed by atoms with E-state index < -0.39 is 12.2 Å². The lowest BCUT2D eigenvalue weighted by Crippen LogP contribution is -2.33. The van der Waals surface area contributed by atoms with E-state index in [2.05, 4.69) is 0 Å². The van der Waals surface area contributed by atoms with E-state index in [-0.39, 0.29) is 82.9 Å². The number of hydrogen-bond acceptors (Lipinski definition) is 13. The van der Waals surface area contributed by atoms with Crippen molar-refractivity contribution in [2.75, 3.05) is 106 Å². The first-order valence-corrected chi connectivity index (χ1v) is 13.1. The summed E-state index contributed by atoms with van der Waals surface area (Å²) in [5.74, 6) is 0. The zero-order chi connectivity index (χ0) is 25.7. The molecule has 216 valence electrons. The van der Waals surface area contributed by atoms with Gasteiger partial charge < -0.3 is 62.3 Å². The van der Waals surface area contributed by atoms with Crippen LogP contribution in [0.2, 0.25) is 0 Å². The lowest BCUT2D eigenvalue weighted by atomic mass is 10.3. The van der Waals surface area contributed by atoms with Gasteiger partial charge in [-0.2, -0.15) is 0 Å². The lowest BCUT2D eigenvalue weighted by Gasteiger charge is -2.21. The highest BCUT2D eigenvalue weighted by Crippen LogP contribution is 2.13. The highest BCUT2D eigenvalue weighted by atomic mass is 16.6. The minimum absolute atomic E-state index is 0.0798. The number of rotatable bonds is 26. The minimum Gasteiger partial charge on any atom is -0.388 e. The van der Waals surface area contributed by atoms with Crippen LogP contribution in [0.15, 0.2) is 0 Å².